The average Bonchev–Trinajstić information content (AvgIpc) is 2.77. The largest absolute Gasteiger partial charge is 0.473 e. The third-order valence-electron chi connectivity index (χ3n) is 2.56. The molecular weight excluding hydrogens is 242 g/mol. The van der Waals surface area contributed by atoms with Crippen molar-refractivity contribution in [3.8, 4) is 5.88 Å². The normalized spacial score (nSPS) is 10.5. The minimum absolute atomic E-state index is 0.000420. The summed E-state index contributed by atoms with van der Waals surface area (Å²) >= 11 is 0. The number of H-pyrrole nitrogens is 1. The number of anilines is 1. The zero-order valence-corrected chi connectivity index (χ0v) is 11.2. The van der Waals surface area contributed by atoms with E-state index in [0.717, 1.165) is 5.56 Å². The van der Waals surface area contributed by atoms with Crippen LogP contribution in [0, 0.1) is 6.92 Å². The maximum atomic E-state index is 12.1. The highest BCUT2D eigenvalue weighted by Gasteiger charge is 2.13. The topological polar surface area (TPSA) is 67.0 Å². The molecule has 100 valence electrons. The van der Waals surface area contributed by atoms with Gasteiger partial charge in [0, 0.05) is 18.6 Å². The summed E-state index contributed by atoms with van der Waals surface area (Å²) < 4.78 is 5.56. The first kappa shape index (κ1) is 13.1. The Balaban J connectivity index is 2.19. The molecule has 0 bridgehead atoms. The number of hydrogen-bond donors (Lipinski definition) is 2. The number of nitrogens with one attached hydrogen (secondary N) is 2. The minimum Gasteiger partial charge on any atom is -0.473 e. The Morgan fingerprint density at radius 1 is 1.42 bits per heavy atom. The Morgan fingerprint density at radius 2 is 2.21 bits per heavy atom. The van der Waals surface area contributed by atoms with Crippen LogP contribution in [0.3, 0.4) is 0 Å². The molecular formula is C14H17N3O2. The predicted octanol–water partition coefficient (Wildman–Crippen LogP) is 2.76. The number of aromatic amines is 1. The van der Waals surface area contributed by atoms with Gasteiger partial charge in [-0.3, -0.25) is 4.79 Å². The van der Waals surface area contributed by atoms with Crippen molar-refractivity contribution in [2.75, 3.05) is 5.32 Å². The highest BCUT2D eigenvalue weighted by Crippen LogP contribution is 2.22. The molecule has 2 heterocycles. The molecule has 0 fully saturated rings. The van der Waals surface area contributed by atoms with E-state index in [-0.39, 0.29) is 12.0 Å². The lowest BCUT2D eigenvalue weighted by atomic mass is 10.2. The number of aryl methyl sites for hydroxylation is 1. The summed E-state index contributed by atoms with van der Waals surface area (Å²) in [5, 5.41) is 2.81. The summed E-state index contributed by atoms with van der Waals surface area (Å²) in [4.78, 5) is 19.2. The van der Waals surface area contributed by atoms with Crippen LogP contribution in [0.25, 0.3) is 0 Å². The number of ether oxygens (including phenoxy) is 1. The first-order valence-electron chi connectivity index (χ1n) is 6.14. The van der Waals surface area contributed by atoms with Crippen molar-refractivity contribution in [2.24, 2.45) is 0 Å². The molecule has 1 amide bonds. The van der Waals surface area contributed by atoms with Gasteiger partial charge in [0.1, 0.15) is 5.69 Å². The summed E-state index contributed by atoms with van der Waals surface area (Å²) in [6.07, 6.45) is 5.09. The average molecular weight is 259 g/mol. The maximum absolute atomic E-state index is 12.1. The molecule has 5 heteroatoms. The lowest BCUT2D eigenvalue weighted by Crippen LogP contribution is -2.15. The molecule has 5 nitrogen and oxygen atoms in total. The van der Waals surface area contributed by atoms with Gasteiger partial charge in [0.2, 0.25) is 5.88 Å². The third-order valence-corrected chi connectivity index (χ3v) is 2.56. The van der Waals surface area contributed by atoms with Gasteiger partial charge in [0.15, 0.2) is 0 Å². The van der Waals surface area contributed by atoms with Crippen LogP contribution in [0.1, 0.15) is 29.8 Å². The SMILES string of the molecule is Cc1c[nH]cc1C(=O)Nc1cccnc1OC(C)C. The van der Waals surface area contributed by atoms with E-state index in [4.69, 9.17) is 4.74 Å². The number of aromatic nitrogens is 2. The summed E-state index contributed by atoms with van der Waals surface area (Å²) in [5.74, 6) is 0.249. The smallest absolute Gasteiger partial charge is 0.257 e. The highest BCUT2D eigenvalue weighted by molar-refractivity contribution is 6.05. The summed E-state index contributed by atoms with van der Waals surface area (Å²) in [6.45, 7) is 5.70. The van der Waals surface area contributed by atoms with E-state index in [1.807, 2.05) is 20.8 Å². The van der Waals surface area contributed by atoms with Gasteiger partial charge in [-0.15, -0.1) is 0 Å². The molecule has 0 atom stereocenters. The second-order valence-electron chi connectivity index (χ2n) is 4.53. The van der Waals surface area contributed by atoms with Gasteiger partial charge < -0.3 is 15.0 Å². The van der Waals surface area contributed by atoms with Gasteiger partial charge in [-0.1, -0.05) is 0 Å². The molecule has 0 saturated heterocycles. The molecule has 19 heavy (non-hydrogen) atoms. The van der Waals surface area contributed by atoms with E-state index in [2.05, 4.69) is 15.3 Å². The standard InChI is InChI=1S/C14H17N3O2/c1-9(2)19-14-12(5-4-6-16-14)17-13(18)11-8-15-7-10(11)3/h4-9,15H,1-3H3,(H,17,18). The van der Waals surface area contributed by atoms with Crippen molar-refractivity contribution in [1.29, 1.82) is 0 Å². The number of nitrogens with zero attached hydrogens (tertiary/aromatic N) is 1. The third kappa shape index (κ3) is 3.13. The first-order chi connectivity index (χ1) is 9.08. The van der Waals surface area contributed by atoms with Crippen LogP contribution in [-0.4, -0.2) is 22.0 Å². The van der Waals surface area contributed by atoms with Gasteiger partial charge in [0.25, 0.3) is 5.91 Å². The monoisotopic (exact) mass is 259 g/mol. The van der Waals surface area contributed by atoms with Gasteiger partial charge in [-0.05, 0) is 38.5 Å². The molecule has 0 aliphatic rings. The molecule has 2 aromatic heterocycles. The van der Waals surface area contributed by atoms with E-state index in [1.165, 1.54) is 0 Å². The number of amides is 1. The van der Waals surface area contributed by atoms with Gasteiger partial charge in [-0.2, -0.15) is 0 Å². The van der Waals surface area contributed by atoms with E-state index in [0.29, 0.717) is 17.1 Å². The molecule has 2 N–H and O–H groups in total. The molecule has 0 aromatic carbocycles. The van der Waals surface area contributed by atoms with Crippen molar-refractivity contribution in [3.05, 3.63) is 41.9 Å². The van der Waals surface area contributed by atoms with Crippen LogP contribution in [0.4, 0.5) is 5.69 Å². The zero-order chi connectivity index (χ0) is 13.8. The molecule has 0 spiro atoms. The van der Waals surface area contributed by atoms with Crippen molar-refractivity contribution in [3.63, 3.8) is 0 Å². The van der Waals surface area contributed by atoms with Gasteiger partial charge in [0.05, 0.1) is 11.7 Å². The molecule has 0 unspecified atom stereocenters. The fraction of sp³-hybridized carbons (Fsp3) is 0.286. The van der Waals surface area contributed by atoms with E-state index >= 15 is 0 Å². The van der Waals surface area contributed by atoms with Crippen molar-refractivity contribution in [1.82, 2.24) is 9.97 Å². The predicted molar refractivity (Wildman–Crippen MR) is 73.5 cm³/mol. The lowest BCUT2D eigenvalue weighted by Gasteiger charge is -2.13. The Morgan fingerprint density at radius 3 is 2.84 bits per heavy atom. The first-order valence-corrected chi connectivity index (χ1v) is 6.14. The summed E-state index contributed by atoms with van der Waals surface area (Å²) in [7, 11) is 0. The Bertz CT molecular complexity index is 576. The molecule has 0 aliphatic heterocycles. The Kier molecular flexibility index (Phi) is 3.85. The van der Waals surface area contributed by atoms with Crippen LogP contribution < -0.4 is 10.1 Å². The molecule has 2 rings (SSSR count). The summed E-state index contributed by atoms with van der Waals surface area (Å²) in [5.41, 5.74) is 2.08. The van der Waals surface area contributed by atoms with Crippen molar-refractivity contribution >= 4 is 11.6 Å². The summed E-state index contributed by atoms with van der Waals surface area (Å²) in [6, 6.07) is 3.53. The van der Waals surface area contributed by atoms with E-state index in [1.54, 1.807) is 30.7 Å². The van der Waals surface area contributed by atoms with Crippen molar-refractivity contribution in [2.45, 2.75) is 26.9 Å². The maximum Gasteiger partial charge on any atom is 0.257 e. The van der Waals surface area contributed by atoms with Crippen LogP contribution in [0.2, 0.25) is 0 Å². The second-order valence-corrected chi connectivity index (χ2v) is 4.53. The van der Waals surface area contributed by atoms with Crippen LogP contribution >= 0.6 is 0 Å². The Labute approximate surface area is 112 Å². The molecule has 0 aliphatic carbocycles. The minimum atomic E-state index is -0.180. The van der Waals surface area contributed by atoms with Crippen LogP contribution in [0.15, 0.2) is 30.7 Å². The quantitative estimate of drug-likeness (QED) is 0.887. The van der Waals surface area contributed by atoms with Crippen molar-refractivity contribution < 1.29 is 9.53 Å². The second kappa shape index (κ2) is 5.56. The molecule has 0 radical (unpaired) electrons. The van der Waals surface area contributed by atoms with Crippen LogP contribution in [-0.2, 0) is 0 Å². The Hall–Kier alpha value is -2.30. The number of carbonyl (C=O) groups excluding carboxylic acids is 1. The number of hydrogen-bond acceptors (Lipinski definition) is 3. The molecule has 0 saturated carbocycles. The fourth-order valence-corrected chi connectivity index (χ4v) is 1.68. The van der Waals surface area contributed by atoms with E-state index in [9.17, 15) is 4.79 Å². The number of rotatable bonds is 4. The fourth-order valence-electron chi connectivity index (χ4n) is 1.68. The number of pyridine rings is 1. The zero-order valence-electron chi connectivity index (χ0n) is 11.2. The number of carbonyl (C=O) groups is 1. The lowest BCUT2D eigenvalue weighted by molar-refractivity contribution is 0.102. The van der Waals surface area contributed by atoms with Crippen LogP contribution in [0.5, 0.6) is 5.88 Å². The van der Waals surface area contributed by atoms with Gasteiger partial charge >= 0.3 is 0 Å². The van der Waals surface area contributed by atoms with E-state index < -0.39 is 0 Å². The highest BCUT2D eigenvalue weighted by atomic mass is 16.5. The van der Waals surface area contributed by atoms with Gasteiger partial charge in [-0.25, -0.2) is 4.98 Å². The molecule has 2 aromatic rings.